The molecule has 0 saturated carbocycles. The average molecular weight is 387 g/mol. The lowest BCUT2D eigenvalue weighted by atomic mass is 10.1. The van der Waals surface area contributed by atoms with E-state index in [0.29, 0.717) is 22.7 Å². The maximum atomic E-state index is 13.0. The molecule has 1 atom stereocenters. The monoisotopic (exact) mass is 387 g/mol. The highest BCUT2D eigenvalue weighted by Crippen LogP contribution is 2.33. The highest BCUT2D eigenvalue weighted by molar-refractivity contribution is 6.09. The standard InChI is InChI=1S/C23H21N3O3/c1-15-22(27)25-19-14-16(12-13-21(19)29-15)24-23(28)18-10-6-7-11-20(18)26(2)17-8-4-3-5-9-17/h3-15H,1-2H3,(H,24,28)(H,25,27)/t15-/m1/s1. The Labute approximate surface area is 169 Å². The third-order valence-electron chi connectivity index (χ3n) is 4.82. The number of carbonyl (C=O) groups is 2. The van der Waals surface area contributed by atoms with Crippen LogP contribution in [0.25, 0.3) is 0 Å². The van der Waals surface area contributed by atoms with Crippen LogP contribution in [0, 0.1) is 0 Å². The molecule has 2 N–H and O–H groups in total. The van der Waals surface area contributed by atoms with Crippen molar-refractivity contribution in [3.63, 3.8) is 0 Å². The fraction of sp³-hybridized carbons (Fsp3) is 0.130. The van der Waals surface area contributed by atoms with Gasteiger partial charge in [-0.3, -0.25) is 9.59 Å². The van der Waals surface area contributed by atoms with Crippen LogP contribution in [0.4, 0.5) is 22.7 Å². The van der Waals surface area contributed by atoms with Gasteiger partial charge in [0.2, 0.25) is 0 Å². The maximum Gasteiger partial charge on any atom is 0.265 e. The predicted octanol–water partition coefficient (Wildman–Crippen LogP) is 4.43. The Bertz CT molecular complexity index is 1070. The summed E-state index contributed by atoms with van der Waals surface area (Å²) in [6, 6.07) is 22.5. The molecular weight excluding hydrogens is 366 g/mol. The minimum Gasteiger partial charge on any atom is -0.479 e. The molecule has 0 saturated heterocycles. The first-order valence-corrected chi connectivity index (χ1v) is 9.33. The molecule has 0 bridgehead atoms. The van der Waals surface area contributed by atoms with Crippen molar-refractivity contribution in [2.45, 2.75) is 13.0 Å². The van der Waals surface area contributed by atoms with E-state index in [1.165, 1.54) is 0 Å². The number of anilines is 4. The third-order valence-corrected chi connectivity index (χ3v) is 4.82. The van der Waals surface area contributed by atoms with Gasteiger partial charge in [-0.25, -0.2) is 0 Å². The first-order valence-electron chi connectivity index (χ1n) is 9.33. The van der Waals surface area contributed by atoms with Gasteiger partial charge >= 0.3 is 0 Å². The summed E-state index contributed by atoms with van der Waals surface area (Å²) in [4.78, 5) is 26.8. The predicted molar refractivity (Wildman–Crippen MR) is 114 cm³/mol. The van der Waals surface area contributed by atoms with Gasteiger partial charge in [0.25, 0.3) is 11.8 Å². The molecule has 3 aromatic carbocycles. The summed E-state index contributed by atoms with van der Waals surface area (Å²) in [6.07, 6.45) is -0.539. The normalized spacial score (nSPS) is 15.0. The van der Waals surface area contributed by atoms with Crippen molar-refractivity contribution in [1.82, 2.24) is 0 Å². The molecule has 1 heterocycles. The van der Waals surface area contributed by atoms with E-state index in [9.17, 15) is 9.59 Å². The van der Waals surface area contributed by atoms with Crippen LogP contribution in [0.5, 0.6) is 5.75 Å². The lowest BCUT2D eigenvalue weighted by molar-refractivity contribution is -0.122. The molecule has 0 fully saturated rings. The van der Waals surface area contributed by atoms with Gasteiger partial charge in [-0.2, -0.15) is 0 Å². The zero-order chi connectivity index (χ0) is 20.4. The van der Waals surface area contributed by atoms with Crippen LogP contribution in [0.3, 0.4) is 0 Å². The number of carbonyl (C=O) groups excluding carboxylic acids is 2. The van der Waals surface area contributed by atoms with Crippen LogP contribution in [0.15, 0.2) is 72.8 Å². The van der Waals surface area contributed by atoms with E-state index >= 15 is 0 Å². The fourth-order valence-corrected chi connectivity index (χ4v) is 3.23. The molecule has 146 valence electrons. The first-order chi connectivity index (χ1) is 14.0. The molecule has 0 aromatic heterocycles. The van der Waals surface area contributed by atoms with Crippen LogP contribution >= 0.6 is 0 Å². The Morgan fingerprint density at radius 3 is 2.55 bits per heavy atom. The van der Waals surface area contributed by atoms with Crippen molar-refractivity contribution in [2.75, 3.05) is 22.6 Å². The smallest absolute Gasteiger partial charge is 0.265 e. The number of para-hydroxylation sites is 2. The number of rotatable bonds is 4. The van der Waals surface area contributed by atoms with Crippen molar-refractivity contribution in [1.29, 1.82) is 0 Å². The lowest BCUT2D eigenvalue weighted by Gasteiger charge is -2.24. The number of hydrogen-bond acceptors (Lipinski definition) is 4. The average Bonchev–Trinajstić information content (AvgIpc) is 2.75. The number of fused-ring (bicyclic) bond motifs is 1. The molecule has 0 unspecified atom stereocenters. The van der Waals surface area contributed by atoms with Crippen molar-refractivity contribution >= 4 is 34.6 Å². The highest BCUT2D eigenvalue weighted by Gasteiger charge is 2.24. The number of nitrogens with one attached hydrogen (secondary N) is 2. The van der Waals surface area contributed by atoms with Crippen LogP contribution in [0.1, 0.15) is 17.3 Å². The van der Waals surface area contributed by atoms with E-state index in [1.54, 1.807) is 31.2 Å². The second kappa shape index (κ2) is 7.67. The molecule has 3 aromatic rings. The Kier molecular flexibility index (Phi) is 4.91. The number of amides is 2. The summed E-state index contributed by atoms with van der Waals surface area (Å²) in [6.45, 7) is 1.69. The molecule has 0 spiro atoms. The van der Waals surface area contributed by atoms with Gasteiger partial charge in [0.1, 0.15) is 5.75 Å². The van der Waals surface area contributed by atoms with Gasteiger partial charge in [0, 0.05) is 18.4 Å². The second-order valence-electron chi connectivity index (χ2n) is 6.83. The number of ether oxygens (including phenoxy) is 1. The van der Waals surface area contributed by atoms with Crippen LogP contribution < -0.4 is 20.3 Å². The number of benzene rings is 3. The summed E-state index contributed by atoms with van der Waals surface area (Å²) in [7, 11) is 1.92. The number of nitrogens with zero attached hydrogens (tertiary/aromatic N) is 1. The molecule has 0 aliphatic carbocycles. The van der Waals surface area contributed by atoms with Gasteiger partial charge in [0.05, 0.1) is 16.9 Å². The molecule has 2 amide bonds. The summed E-state index contributed by atoms with van der Waals surface area (Å²) < 4.78 is 5.56. The van der Waals surface area contributed by atoms with E-state index in [0.717, 1.165) is 11.4 Å². The Morgan fingerprint density at radius 1 is 1.03 bits per heavy atom. The SMILES string of the molecule is C[C@H]1Oc2ccc(NC(=O)c3ccccc3N(C)c3ccccc3)cc2NC1=O. The zero-order valence-electron chi connectivity index (χ0n) is 16.2. The second-order valence-corrected chi connectivity index (χ2v) is 6.83. The molecule has 1 aliphatic heterocycles. The molecule has 0 radical (unpaired) electrons. The van der Waals surface area contributed by atoms with Crippen molar-refractivity contribution in [3.05, 3.63) is 78.4 Å². The van der Waals surface area contributed by atoms with Crippen molar-refractivity contribution < 1.29 is 14.3 Å². The van der Waals surface area contributed by atoms with E-state index < -0.39 is 6.10 Å². The fourth-order valence-electron chi connectivity index (χ4n) is 3.23. The molecular formula is C23H21N3O3. The van der Waals surface area contributed by atoms with Gasteiger partial charge < -0.3 is 20.3 Å². The topological polar surface area (TPSA) is 70.7 Å². The minimum absolute atomic E-state index is 0.212. The molecule has 6 heteroatoms. The molecule has 29 heavy (non-hydrogen) atoms. The van der Waals surface area contributed by atoms with Gasteiger partial charge in [-0.15, -0.1) is 0 Å². The van der Waals surface area contributed by atoms with E-state index in [4.69, 9.17) is 4.74 Å². The van der Waals surface area contributed by atoms with E-state index in [2.05, 4.69) is 10.6 Å². The molecule has 4 rings (SSSR count). The van der Waals surface area contributed by atoms with Crippen molar-refractivity contribution in [2.24, 2.45) is 0 Å². The van der Waals surface area contributed by atoms with Gasteiger partial charge in [-0.05, 0) is 49.4 Å². The van der Waals surface area contributed by atoms with Crippen molar-refractivity contribution in [3.8, 4) is 5.75 Å². The third kappa shape index (κ3) is 3.78. The Morgan fingerprint density at radius 2 is 1.76 bits per heavy atom. The van der Waals surface area contributed by atoms with E-state index in [-0.39, 0.29) is 11.8 Å². The summed E-state index contributed by atoms with van der Waals surface area (Å²) in [5.41, 5.74) is 3.44. The van der Waals surface area contributed by atoms with Crippen LogP contribution in [-0.4, -0.2) is 25.0 Å². The van der Waals surface area contributed by atoms with Gasteiger partial charge in [0.15, 0.2) is 6.10 Å². The minimum atomic E-state index is -0.539. The van der Waals surface area contributed by atoms with Gasteiger partial charge in [-0.1, -0.05) is 30.3 Å². The van der Waals surface area contributed by atoms with Crippen LogP contribution in [-0.2, 0) is 4.79 Å². The van der Waals surface area contributed by atoms with E-state index in [1.807, 2.05) is 60.5 Å². The Hall–Kier alpha value is -3.80. The summed E-state index contributed by atoms with van der Waals surface area (Å²) >= 11 is 0. The first kappa shape index (κ1) is 18.6. The molecule has 6 nitrogen and oxygen atoms in total. The summed E-state index contributed by atoms with van der Waals surface area (Å²) in [5, 5.41) is 5.70. The number of hydrogen-bond donors (Lipinski definition) is 2. The Balaban J connectivity index is 1.59. The molecule has 1 aliphatic rings. The zero-order valence-corrected chi connectivity index (χ0v) is 16.2. The maximum absolute atomic E-state index is 13.0. The summed E-state index contributed by atoms with van der Waals surface area (Å²) in [5.74, 6) is 0.134. The quantitative estimate of drug-likeness (QED) is 0.695. The van der Waals surface area contributed by atoms with Crippen LogP contribution in [0.2, 0.25) is 0 Å². The highest BCUT2D eigenvalue weighted by atomic mass is 16.5. The lowest BCUT2D eigenvalue weighted by Crippen LogP contribution is -2.34. The largest absolute Gasteiger partial charge is 0.479 e.